The largest absolute Gasteiger partial charge is 0.324 e. The van der Waals surface area contributed by atoms with Gasteiger partial charge in [0.2, 0.25) is 0 Å². The van der Waals surface area contributed by atoms with Crippen molar-refractivity contribution >= 4 is 15.9 Å². The van der Waals surface area contributed by atoms with Crippen LogP contribution in [0, 0.1) is 0 Å². The lowest BCUT2D eigenvalue weighted by Gasteiger charge is -2.13. The SMILES string of the molecule is CCc1ccc(C(N)Cc2c(Br)c(CC)nn2C)cc1. The number of hydrogen-bond donors (Lipinski definition) is 1. The van der Waals surface area contributed by atoms with Crippen LogP contribution in [0.1, 0.15) is 42.4 Å². The van der Waals surface area contributed by atoms with E-state index >= 15 is 0 Å². The summed E-state index contributed by atoms with van der Waals surface area (Å²) in [6.07, 6.45) is 2.77. The molecule has 0 saturated heterocycles. The molecule has 0 fully saturated rings. The van der Waals surface area contributed by atoms with E-state index in [0.717, 1.165) is 35.1 Å². The molecule has 1 aromatic carbocycles. The van der Waals surface area contributed by atoms with Gasteiger partial charge in [-0.25, -0.2) is 0 Å². The molecule has 3 nitrogen and oxygen atoms in total. The highest BCUT2D eigenvalue weighted by Gasteiger charge is 2.16. The number of benzene rings is 1. The van der Waals surface area contributed by atoms with Gasteiger partial charge in [0.25, 0.3) is 0 Å². The van der Waals surface area contributed by atoms with Crippen molar-refractivity contribution in [3.05, 3.63) is 51.3 Å². The van der Waals surface area contributed by atoms with Crippen LogP contribution < -0.4 is 5.73 Å². The monoisotopic (exact) mass is 335 g/mol. The smallest absolute Gasteiger partial charge is 0.0766 e. The minimum Gasteiger partial charge on any atom is -0.324 e. The first-order valence-electron chi connectivity index (χ1n) is 7.11. The lowest BCUT2D eigenvalue weighted by molar-refractivity contribution is 0.637. The number of nitrogens with two attached hydrogens (primary N) is 1. The maximum atomic E-state index is 6.35. The first kappa shape index (κ1) is 15.3. The Morgan fingerprint density at radius 2 is 1.85 bits per heavy atom. The topological polar surface area (TPSA) is 43.8 Å². The molecule has 1 unspecified atom stereocenters. The molecule has 108 valence electrons. The molecular formula is C16H22BrN3. The van der Waals surface area contributed by atoms with E-state index in [1.165, 1.54) is 11.1 Å². The molecule has 2 rings (SSSR count). The highest BCUT2D eigenvalue weighted by Crippen LogP contribution is 2.26. The third-order valence-corrected chi connectivity index (χ3v) is 4.65. The summed E-state index contributed by atoms with van der Waals surface area (Å²) < 4.78 is 3.03. The van der Waals surface area contributed by atoms with Crippen molar-refractivity contribution in [2.45, 2.75) is 39.2 Å². The molecule has 0 aliphatic carbocycles. The van der Waals surface area contributed by atoms with E-state index in [1.54, 1.807) is 0 Å². The number of aromatic nitrogens is 2. The van der Waals surface area contributed by atoms with Crippen LogP contribution in [0.3, 0.4) is 0 Å². The van der Waals surface area contributed by atoms with Crippen molar-refractivity contribution < 1.29 is 0 Å². The predicted molar refractivity (Wildman–Crippen MR) is 86.7 cm³/mol. The number of halogens is 1. The molecule has 0 aliphatic heterocycles. The molecule has 20 heavy (non-hydrogen) atoms. The van der Waals surface area contributed by atoms with Gasteiger partial charge in [-0.2, -0.15) is 5.10 Å². The van der Waals surface area contributed by atoms with Gasteiger partial charge in [0.05, 0.1) is 15.9 Å². The number of nitrogens with zero attached hydrogens (tertiary/aromatic N) is 2. The summed E-state index contributed by atoms with van der Waals surface area (Å²) in [6, 6.07) is 8.58. The number of aryl methyl sites for hydroxylation is 3. The standard InChI is InChI=1S/C16H22BrN3/c1-4-11-6-8-12(9-7-11)13(18)10-15-16(17)14(5-2)19-20(15)3/h6-9,13H,4-5,10,18H2,1-3H3. The van der Waals surface area contributed by atoms with E-state index < -0.39 is 0 Å². The quantitative estimate of drug-likeness (QED) is 0.907. The van der Waals surface area contributed by atoms with Gasteiger partial charge in [0.1, 0.15) is 0 Å². The molecule has 1 heterocycles. The summed E-state index contributed by atoms with van der Waals surface area (Å²) >= 11 is 3.65. The summed E-state index contributed by atoms with van der Waals surface area (Å²) in [7, 11) is 1.98. The van der Waals surface area contributed by atoms with E-state index in [-0.39, 0.29) is 6.04 Å². The van der Waals surface area contributed by atoms with E-state index in [9.17, 15) is 0 Å². The molecule has 0 bridgehead atoms. The summed E-state index contributed by atoms with van der Waals surface area (Å²) in [6.45, 7) is 4.27. The van der Waals surface area contributed by atoms with Crippen LogP contribution in [-0.4, -0.2) is 9.78 Å². The average Bonchev–Trinajstić information content (AvgIpc) is 2.74. The molecule has 1 aromatic heterocycles. The van der Waals surface area contributed by atoms with Gasteiger partial charge in [-0.05, 0) is 39.9 Å². The third-order valence-electron chi connectivity index (χ3n) is 3.73. The Labute approximate surface area is 129 Å². The maximum Gasteiger partial charge on any atom is 0.0766 e. The Morgan fingerprint density at radius 1 is 1.20 bits per heavy atom. The van der Waals surface area contributed by atoms with Crippen LogP contribution >= 0.6 is 15.9 Å². The fraction of sp³-hybridized carbons (Fsp3) is 0.438. The molecule has 0 amide bonds. The fourth-order valence-corrected chi connectivity index (χ4v) is 3.15. The number of rotatable bonds is 5. The van der Waals surface area contributed by atoms with Crippen LogP contribution in [0.5, 0.6) is 0 Å². The Morgan fingerprint density at radius 3 is 2.35 bits per heavy atom. The van der Waals surface area contributed by atoms with E-state index in [0.29, 0.717) is 0 Å². The molecule has 0 saturated carbocycles. The van der Waals surface area contributed by atoms with Crippen molar-refractivity contribution in [3.63, 3.8) is 0 Å². The third kappa shape index (κ3) is 3.13. The highest BCUT2D eigenvalue weighted by molar-refractivity contribution is 9.10. The zero-order valence-electron chi connectivity index (χ0n) is 12.4. The lowest BCUT2D eigenvalue weighted by atomic mass is 10.0. The summed E-state index contributed by atoms with van der Waals surface area (Å²) in [4.78, 5) is 0. The van der Waals surface area contributed by atoms with Crippen LogP contribution in [0.15, 0.2) is 28.7 Å². The lowest BCUT2D eigenvalue weighted by Crippen LogP contribution is -2.15. The minimum absolute atomic E-state index is 0.00249. The molecule has 1 atom stereocenters. The molecule has 0 spiro atoms. The Kier molecular flexibility index (Phi) is 5.00. The van der Waals surface area contributed by atoms with Gasteiger partial charge in [0.15, 0.2) is 0 Å². The normalized spacial score (nSPS) is 12.7. The van der Waals surface area contributed by atoms with Crippen LogP contribution in [0.4, 0.5) is 0 Å². The van der Waals surface area contributed by atoms with Gasteiger partial charge >= 0.3 is 0 Å². The van der Waals surface area contributed by atoms with Crippen LogP contribution in [-0.2, 0) is 26.3 Å². The molecule has 0 aliphatic rings. The van der Waals surface area contributed by atoms with Crippen molar-refractivity contribution in [1.29, 1.82) is 0 Å². The zero-order chi connectivity index (χ0) is 14.7. The Bertz CT molecular complexity index is 572. The number of hydrogen-bond acceptors (Lipinski definition) is 2. The second-order valence-electron chi connectivity index (χ2n) is 5.09. The molecule has 4 heteroatoms. The van der Waals surface area contributed by atoms with Crippen LogP contribution in [0.2, 0.25) is 0 Å². The Hall–Kier alpha value is -1.13. The van der Waals surface area contributed by atoms with Crippen LogP contribution in [0.25, 0.3) is 0 Å². The second kappa shape index (κ2) is 6.55. The average molecular weight is 336 g/mol. The van der Waals surface area contributed by atoms with E-state index in [2.05, 4.69) is 59.1 Å². The zero-order valence-corrected chi connectivity index (χ0v) is 13.9. The van der Waals surface area contributed by atoms with E-state index in [1.807, 2.05) is 11.7 Å². The van der Waals surface area contributed by atoms with Crippen molar-refractivity contribution in [2.75, 3.05) is 0 Å². The summed E-state index contributed by atoms with van der Waals surface area (Å²) in [5.41, 5.74) is 11.1. The van der Waals surface area contributed by atoms with Gasteiger partial charge in [-0.3, -0.25) is 4.68 Å². The Balaban J connectivity index is 2.18. The first-order valence-corrected chi connectivity index (χ1v) is 7.90. The van der Waals surface area contributed by atoms with Crippen molar-refractivity contribution in [2.24, 2.45) is 12.8 Å². The highest BCUT2D eigenvalue weighted by atomic mass is 79.9. The van der Waals surface area contributed by atoms with Gasteiger partial charge in [0, 0.05) is 19.5 Å². The molecule has 2 aromatic rings. The summed E-state index contributed by atoms with van der Waals surface area (Å²) in [5, 5.41) is 4.52. The van der Waals surface area contributed by atoms with E-state index in [4.69, 9.17) is 5.73 Å². The first-order chi connectivity index (χ1) is 9.56. The van der Waals surface area contributed by atoms with Gasteiger partial charge in [-0.1, -0.05) is 38.1 Å². The molecule has 0 radical (unpaired) electrons. The van der Waals surface area contributed by atoms with Crippen molar-refractivity contribution in [3.8, 4) is 0 Å². The maximum absolute atomic E-state index is 6.35. The van der Waals surface area contributed by atoms with Gasteiger partial charge in [-0.15, -0.1) is 0 Å². The fourth-order valence-electron chi connectivity index (χ4n) is 2.37. The molecule has 2 N–H and O–H groups in total. The second-order valence-corrected chi connectivity index (χ2v) is 5.88. The summed E-state index contributed by atoms with van der Waals surface area (Å²) in [5.74, 6) is 0. The predicted octanol–water partition coefficient (Wildman–Crippen LogP) is 3.55. The molecular weight excluding hydrogens is 314 g/mol. The van der Waals surface area contributed by atoms with Crippen molar-refractivity contribution in [1.82, 2.24) is 9.78 Å². The van der Waals surface area contributed by atoms with Gasteiger partial charge < -0.3 is 5.73 Å². The minimum atomic E-state index is -0.00249.